The van der Waals surface area contributed by atoms with Crippen LogP contribution in [0.4, 0.5) is 5.82 Å². The number of aromatic nitrogens is 1. The monoisotopic (exact) mass is 390 g/mol. The average Bonchev–Trinajstić information content (AvgIpc) is 2.83. The molecule has 106 valence electrons. The minimum atomic E-state index is 0.424. The molecule has 0 aliphatic carbocycles. The number of nitrogens with two attached hydrogens (primary N) is 1. The van der Waals surface area contributed by atoms with Crippen molar-refractivity contribution in [2.45, 2.75) is 13.8 Å². The Morgan fingerprint density at radius 1 is 1.10 bits per heavy atom. The summed E-state index contributed by atoms with van der Waals surface area (Å²) in [5.74, 6) is 1.15. The molecular weight excluding hydrogens is 375 g/mol. The Morgan fingerprint density at radius 2 is 1.86 bits per heavy atom. The van der Waals surface area contributed by atoms with Crippen LogP contribution in [0.25, 0.3) is 22.5 Å². The molecule has 2 N–H and O–H groups in total. The van der Waals surface area contributed by atoms with E-state index in [9.17, 15) is 0 Å². The first kappa shape index (κ1) is 14.1. The van der Waals surface area contributed by atoms with Crippen LogP contribution in [0.3, 0.4) is 0 Å². The van der Waals surface area contributed by atoms with Gasteiger partial charge in [-0.15, -0.1) is 0 Å². The first-order valence-corrected chi connectivity index (χ1v) is 7.73. The molecule has 0 atom stereocenters. The molecular formula is C17H15IN2O. The minimum Gasteiger partial charge on any atom is -0.380 e. The molecule has 1 heterocycles. The molecule has 0 bridgehead atoms. The fourth-order valence-electron chi connectivity index (χ4n) is 2.39. The molecule has 0 saturated carbocycles. The van der Waals surface area contributed by atoms with Gasteiger partial charge in [0.2, 0.25) is 0 Å². The van der Waals surface area contributed by atoms with Crippen LogP contribution >= 0.6 is 22.6 Å². The Bertz CT molecular complexity index is 808. The van der Waals surface area contributed by atoms with Gasteiger partial charge in [0.05, 0.1) is 5.56 Å². The van der Waals surface area contributed by atoms with Crippen molar-refractivity contribution in [2.24, 2.45) is 0 Å². The number of rotatable bonds is 2. The maximum atomic E-state index is 6.04. The fourth-order valence-corrected chi connectivity index (χ4v) is 2.99. The Labute approximate surface area is 137 Å². The summed E-state index contributed by atoms with van der Waals surface area (Å²) in [4.78, 5) is 0. The highest BCUT2D eigenvalue weighted by Crippen LogP contribution is 2.39. The Morgan fingerprint density at radius 3 is 2.62 bits per heavy atom. The van der Waals surface area contributed by atoms with Gasteiger partial charge < -0.3 is 10.3 Å². The Balaban J connectivity index is 2.24. The zero-order valence-corrected chi connectivity index (χ0v) is 14.0. The third-order valence-corrected chi connectivity index (χ3v) is 4.89. The first-order valence-electron chi connectivity index (χ1n) is 6.65. The average molecular weight is 390 g/mol. The van der Waals surface area contributed by atoms with Gasteiger partial charge in [0.15, 0.2) is 11.6 Å². The molecule has 0 radical (unpaired) electrons. The lowest BCUT2D eigenvalue weighted by molar-refractivity contribution is 0.436. The van der Waals surface area contributed by atoms with Crippen molar-refractivity contribution in [1.82, 2.24) is 5.16 Å². The van der Waals surface area contributed by atoms with Crippen LogP contribution in [0.1, 0.15) is 11.1 Å². The normalized spacial score (nSPS) is 10.8. The van der Waals surface area contributed by atoms with Crippen molar-refractivity contribution in [1.29, 1.82) is 0 Å². The van der Waals surface area contributed by atoms with E-state index < -0.39 is 0 Å². The highest BCUT2D eigenvalue weighted by molar-refractivity contribution is 14.1. The SMILES string of the molecule is Cc1cccc(-c2c(N)noc2-c2cccc(C)c2I)c1. The summed E-state index contributed by atoms with van der Waals surface area (Å²) in [5.41, 5.74) is 11.3. The molecule has 0 aliphatic rings. The Hall–Kier alpha value is -1.82. The summed E-state index contributed by atoms with van der Waals surface area (Å²) in [6.45, 7) is 4.14. The Kier molecular flexibility index (Phi) is 3.71. The summed E-state index contributed by atoms with van der Waals surface area (Å²) < 4.78 is 6.68. The minimum absolute atomic E-state index is 0.424. The zero-order valence-electron chi connectivity index (χ0n) is 11.9. The summed E-state index contributed by atoms with van der Waals surface area (Å²) >= 11 is 2.33. The molecule has 0 spiro atoms. The van der Waals surface area contributed by atoms with E-state index in [-0.39, 0.29) is 0 Å². The van der Waals surface area contributed by atoms with Gasteiger partial charge in [-0.3, -0.25) is 0 Å². The molecule has 2 aromatic carbocycles. The molecule has 3 aromatic rings. The smallest absolute Gasteiger partial charge is 0.177 e. The molecule has 1 aromatic heterocycles. The van der Waals surface area contributed by atoms with Crippen LogP contribution in [0, 0.1) is 17.4 Å². The molecule has 3 nitrogen and oxygen atoms in total. The number of halogens is 1. The number of aryl methyl sites for hydroxylation is 2. The number of hydrogen-bond acceptors (Lipinski definition) is 3. The quantitative estimate of drug-likeness (QED) is 0.639. The molecule has 0 amide bonds. The van der Waals surface area contributed by atoms with Crippen LogP contribution in [0.15, 0.2) is 47.0 Å². The molecule has 4 heteroatoms. The molecule has 0 fully saturated rings. The van der Waals surface area contributed by atoms with Gasteiger partial charge >= 0.3 is 0 Å². The lowest BCUT2D eigenvalue weighted by atomic mass is 9.99. The number of nitrogens with zero attached hydrogens (tertiary/aromatic N) is 1. The summed E-state index contributed by atoms with van der Waals surface area (Å²) in [6.07, 6.45) is 0. The van der Waals surface area contributed by atoms with Gasteiger partial charge in [-0.2, -0.15) is 0 Å². The van der Waals surface area contributed by atoms with Crippen molar-refractivity contribution >= 4 is 28.4 Å². The van der Waals surface area contributed by atoms with Crippen LogP contribution in [0.5, 0.6) is 0 Å². The van der Waals surface area contributed by atoms with Gasteiger partial charge in [-0.1, -0.05) is 53.2 Å². The summed E-state index contributed by atoms with van der Waals surface area (Å²) in [7, 11) is 0. The second-order valence-corrected chi connectivity index (χ2v) is 6.16. The van der Waals surface area contributed by atoms with Crippen molar-refractivity contribution in [3.8, 4) is 22.5 Å². The molecule has 0 aliphatic heterocycles. The second-order valence-electron chi connectivity index (χ2n) is 5.08. The highest BCUT2D eigenvalue weighted by atomic mass is 127. The number of anilines is 1. The van der Waals surface area contributed by atoms with Crippen LogP contribution in [-0.2, 0) is 0 Å². The molecule has 3 rings (SSSR count). The largest absolute Gasteiger partial charge is 0.380 e. The van der Waals surface area contributed by atoms with Crippen LogP contribution in [0.2, 0.25) is 0 Å². The first-order chi connectivity index (χ1) is 10.1. The third kappa shape index (κ3) is 2.55. The second kappa shape index (κ2) is 5.52. The fraction of sp³-hybridized carbons (Fsp3) is 0.118. The van der Waals surface area contributed by atoms with E-state index in [1.54, 1.807) is 0 Å². The van der Waals surface area contributed by atoms with Crippen molar-refractivity contribution < 1.29 is 4.52 Å². The predicted octanol–water partition coefficient (Wildman–Crippen LogP) is 4.81. The van der Waals surface area contributed by atoms with E-state index in [4.69, 9.17) is 10.3 Å². The number of benzene rings is 2. The standard InChI is InChI=1S/C17H15IN2O/c1-10-5-3-7-12(9-10)14-16(21-20-17(14)19)13-8-4-6-11(2)15(13)18/h3-9H,1-2H3,(H2,19,20). The van der Waals surface area contributed by atoms with E-state index in [2.05, 4.69) is 59.8 Å². The topological polar surface area (TPSA) is 52.0 Å². The van der Waals surface area contributed by atoms with Gasteiger partial charge in [0.25, 0.3) is 0 Å². The summed E-state index contributed by atoms with van der Waals surface area (Å²) in [5, 5.41) is 3.97. The number of nitrogen functional groups attached to an aromatic ring is 1. The van der Waals surface area contributed by atoms with Crippen molar-refractivity contribution in [3.05, 3.63) is 57.2 Å². The molecule has 21 heavy (non-hydrogen) atoms. The van der Waals surface area contributed by atoms with Gasteiger partial charge in [-0.25, -0.2) is 0 Å². The molecule has 0 saturated heterocycles. The lowest BCUT2D eigenvalue weighted by Crippen LogP contribution is -1.91. The van der Waals surface area contributed by atoms with Crippen molar-refractivity contribution in [3.63, 3.8) is 0 Å². The third-order valence-electron chi connectivity index (χ3n) is 3.46. The van der Waals surface area contributed by atoms with Gasteiger partial charge in [0.1, 0.15) is 0 Å². The van der Waals surface area contributed by atoms with Crippen LogP contribution in [-0.4, -0.2) is 5.16 Å². The van der Waals surface area contributed by atoms with Crippen molar-refractivity contribution in [2.75, 3.05) is 5.73 Å². The highest BCUT2D eigenvalue weighted by Gasteiger charge is 2.20. The summed E-state index contributed by atoms with van der Waals surface area (Å²) in [6, 6.07) is 14.3. The van der Waals surface area contributed by atoms with Crippen LogP contribution < -0.4 is 5.73 Å². The zero-order chi connectivity index (χ0) is 15.0. The van der Waals surface area contributed by atoms with Gasteiger partial charge in [0, 0.05) is 9.13 Å². The van der Waals surface area contributed by atoms with E-state index in [0.717, 1.165) is 26.0 Å². The maximum Gasteiger partial charge on any atom is 0.177 e. The van der Waals surface area contributed by atoms with E-state index in [1.807, 2.05) is 24.3 Å². The lowest BCUT2D eigenvalue weighted by Gasteiger charge is -2.07. The van der Waals surface area contributed by atoms with E-state index in [0.29, 0.717) is 5.82 Å². The maximum absolute atomic E-state index is 6.04. The number of hydrogen-bond donors (Lipinski definition) is 1. The predicted molar refractivity (Wildman–Crippen MR) is 94.0 cm³/mol. The van der Waals surface area contributed by atoms with Gasteiger partial charge in [-0.05, 0) is 47.6 Å². The van der Waals surface area contributed by atoms with E-state index >= 15 is 0 Å². The van der Waals surface area contributed by atoms with E-state index in [1.165, 1.54) is 11.1 Å². The molecule has 0 unspecified atom stereocenters.